The maximum atomic E-state index is 2.41. The number of benzene rings is 9. The Balaban J connectivity index is 1.08. The van der Waals surface area contributed by atoms with Crippen molar-refractivity contribution in [1.29, 1.82) is 0 Å². The summed E-state index contributed by atoms with van der Waals surface area (Å²) >= 11 is 1.88. The normalized spacial score (nSPS) is 11.3. The number of fused-ring (bicyclic) bond motifs is 4. The van der Waals surface area contributed by atoms with Gasteiger partial charge in [-0.2, -0.15) is 0 Å². The first-order valence-corrected chi connectivity index (χ1v) is 19.2. The monoisotopic (exact) mass is 705 g/mol. The van der Waals surface area contributed by atoms with Gasteiger partial charge in [0.15, 0.2) is 0 Å². The van der Waals surface area contributed by atoms with E-state index in [1.54, 1.807) is 0 Å². The molecule has 0 bridgehead atoms. The summed E-state index contributed by atoms with van der Waals surface area (Å²) in [5.74, 6) is 0. The number of thiophene rings is 1. The van der Waals surface area contributed by atoms with Crippen LogP contribution < -0.4 is 4.90 Å². The summed E-state index contributed by atoms with van der Waals surface area (Å²) in [5, 5.41) is 5.12. The lowest BCUT2D eigenvalue weighted by molar-refractivity contribution is 1.28. The highest BCUT2D eigenvalue weighted by molar-refractivity contribution is 7.26. The number of nitrogens with zero attached hydrogens (tertiary/aromatic N) is 1. The molecule has 2 heteroatoms. The summed E-state index contributed by atoms with van der Waals surface area (Å²) in [5.41, 5.74) is 13.0. The topological polar surface area (TPSA) is 3.24 Å². The van der Waals surface area contributed by atoms with Crippen molar-refractivity contribution in [2.75, 3.05) is 4.90 Å². The molecular weight excluding hydrogens is 671 g/mol. The van der Waals surface area contributed by atoms with Crippen LogP contribution in [0.3, 0.4) is 0 Å². The molecular formula is C52H35NS. The predicted octanol–water partition coefficient (Wildman–Crippen LogP) is 15.3. The third-order valence-corrected chi connectivity index (χ3v) is 11.7. The first-order chi connectivity index (χ1) is 26.8. The fourth-order valence-electron chi connectivity index (χ4n) is 7.74. The summed E-state index contributed by atoms with van der Waals surface area (Å²) in [6, 6.07) is 77.1. The van der Waals surface area contributed by atoms with Gasteiger partial charge in [-0.1, -0.05) is 170 Å². The van der Waals surface area contributed by atoms with Crippen LogP contribution in [0.1, 0.15) is 0 Å². The van der Waals surface area contributed by atoms with Gasteiger partial charge >= 0.3 is 0 Å². The minimum absolute atomic E-state index is 1.11. The Bertz CT molecular complexity index is 2900. The van der Waals surface area contributed by atoms with Gasteiger partial charge in [-0.3, -0.25) is 0 Å². The molecule has 0 spiro atoms. The molecule has 0 amide bonds. The molecule has 0 aliphatic heterocycles. The zero-order chi connectivity index (χ0) is 35.8. The molecule has 0 atom stereocenters. The fraction of sp³-hybridized carbons (Fsp3) is 0. The Morgan fingerprint density at radius 2 is 0.815 bits per heavy atom. The fourth-order valence-corrected chi connectivity index (χ4v) is 8.97. The van der Waals surface area contributed by atoms with E-state index in [0.29, 0.717) is 0 Å². The van der Waals surface area contributed by atoms with E-state index in [4.69, 9.17) is 0 Å². The second-order valence-corrected chi connectivity index (χ2v) is 14.8. The number of anilines is 3. The maximum absolute atomic E-state index is 2.41. The molecule has 0 saturated carbocycles. The Kier molecular flexibility index (Phi) is 8.09. The highest BCUT2D eigenvalue weighted by Crippen LogP contribution is 2.46. The maximum Gasteiger partial charge on any atom is 0.0540 e. The lowest BCUT2D eigenvalue weighted by Crippen LogP contribution is -2.11. The Morgan fingerprint density at radius 1 is 0.315 bits per heavy atom. The molecule has 1 aromatic heterocycles. The molecule has 0 fully saturated rings. The summed E-state index contributed by atoms with van der Waals surface area (Å²) in [7, 11) is 0. The molecule has 254 valence electrons. The van der Waals surface area contributed by atoms with Gasteiger partial charge in [-0.15, -0.1) is 11.3 Å². The van der Waals surface area contributed by atoms with E-state index >= 15 is 0 Å². The average molecular weight is 706 g/mol. The van der Waals surface area contributed by atoms with Crippen molar-refractivity contribution in [2.24, 2.45) is 0 Å². The average Bonchev–Trinajstić information content (AvgIpc) is 3.64. The number of para-hydroxylation sites is 1. The first kappa shape index (κ1) is 32.0. The largest absolute Gasteiger partial charge is 0.310 e. The van der Waals surface area contributed by atoms with E-state index in [2.05, 4.69) is 217 Å². The first-order valence-electron chi connectivity index (χ1n) is 18.4. The summed E-state index contributed by atoms with van der Waals surface area (Å²) in [6.07, 6.45) is 0. The van der Waals surface area contributed by atoms with Crippen LogP contribution in [-0.4, -0.2) is 0 Å². The van der Waals surface area contributed by atoms with Gasteiger partial charge in [0.1, 0.15) is 0 Å². The lowest BCUT2D eigenvalue weighted by atomic mass is 9.98. The zero-order valence-electron chi connectivity index (χ0n) is 29.6. The van der Waals surface area contributed by atoms with E-state index < -0.39 is 0 Å². The quantitative estimate of drug-likeness (QED) is 0.160. The van der Waals surface area contributed by atoms with E-state index in [1.807, 2.05) is 11.3 Å². The van der Waals surface area contributed by atoms with Crippen molar-refractivity contribution in [3.8, 4) is 44.5 Å². The number of hydrogen-bond donors (Lipinski definition) is 0. The van der Waals surface area contributed by atoms with E-state index in [9.17, 15) is 0 Å². The Hall–Kier alpha value is -6.74. The van der Waals surface area contributed by atoms with Gasteiger partial charge in [0.05, 0.1) is 5.69 Å². The predicted molar refractivity (Wildman–Crippen MR) is 233 cm³/mol. The number of rotatable bonds is 7. The molecule has 10 rings (SSSR count). The SMILES string of the molecule is c1ccc(-c2ccc(-c3ccc(N(c4ccc(-c5ccc6ccccc6c5)cc4)c4ccccc4-c4cccc5c4sc4ccccc45)cc3)cc2)cc1. The van der Waals surface area contributed by atoms with Crippen LogP contribution >= 0.6 is 11.3 Å². The van der Waals surface area contributed by atoms with Crippen LogP contribution in [0.25, 0.3) is 75.5 Å². The van der Waals surface area contributed by atoms with Gasteiger partial charge in [0, 0.05) is 42.7 Å². The molecule has 1 nitrogen and oxygen atoms in total. The van der Waals surface area contributed by atoms with Crippen molar-refractivity contribution in [2.45, 2.75) is 0 Å². The van der Waals surface area contributed by atoms with Crippen LogP contribution in [0, 0.1) is 0 Å². The van der Waals surface area contributed by atoms with Crippen LogP contribution in [0.15, 0.2) is 212 Å². The van der Waals surface area contributed by atoms with Crippen LogP contribution in [0.5, 0.6) is 0 Å². The summed E-state index contributed by atoms with van der Waals surface area (Å²) in [4.78, 5) is 2.41. The van der Waals surface area contributed by atoms with Gasteiger partial charge in [-0.05, 0) is 86.6 Å². The smallest absolute Gasteiger partial charge is 0.0540 e. The standard InChI is InChI=1S/C52H35NS/c1-2-11-36(12-3-1)38-21-23-39(24-22-38)40-27-31-44(32-28-40)53(45-33-29-41(30-34-45)43-26-25-37-13-4-5-14-42(37)35-43)50-19-8-6-15-46(50)48-17-10-18-49-47-16-7-9-20-51(47)54-52(48)49/h1-35H. The third-order valence-electron chi connectivity index (χ3n) is 10.5. The van der Waals surface area contributed by atoms with E-state index in [-0.39, 0.29) is 0 Å². The van der Waals surface area contributed by atoms with Crippen molar-refractivity contribution >= 4 is 59.3 Å². The van der Waals surface area contributed by atoms with Gasteiger partial charge in [-0.25, -0.2) is 0 Å². The van der Waals surface area contributed by atoms with Crippen molar-refractivity contribution < 1.29 is 0 Å². The van der Waals surface area contributed by atoms with Crippen molar-refractivity contribution in [3.63, 3.8) is 0 Å². The molecule has 0 unspecified atom stereocenters. The van der Waals surface area contributed by atoms with Gasteiger partial charge in [0.25, 0.3) is 0 Å². The molecule has 54 heavy (non-hydrogen) atoms. The molecule has 9 aromatic carbocycles. The molecule has 10 aromatic rings. The lowest BCUT2D eigenvalue weighted by Gasteiger charge is -2.28. The minimum Gasteiger partial charge on any atom is -0.310 e. The van der Waals surface area contributed by atoms with Crippen LogP contribution in [0.2, 0.25) is 0 Å². The Morgan fingerprint density at radius 3 is 1.54 bits per heavy atom. The van der Waals surface area contributed by atoms with Crippen molar-refractivity contribution in [1.82, 2.24) is 0 Å². The van der Waals surface area contributed by atoms with E-state index in [1.165, 1.54) is 75.5 Å². The highest BCUT2D eigenvalue weighted by atomic mass is 32.1. The second-order valence-electron chi connectivity index (χ2n) is 13.7. The summed E-state index contributed by atoms with van der Waals surface area (Å²) in [6.45, 7) is 0. The summed E-state index contributed by atoms with van der Waals surface area (Å²) < 4.78 is 2.62. The van der Waals surface area contributed by atoms with Gasteiger partial charge < -0.3 is 4.90 Å². The van der Waals surface area contributed by atoms with Gasteiger partial charge in [0.2, 0.25) is 0 Å². The van der Waals surface area contributed by atoms with E-state index in [0.717, 1.165) is 17.1 Å². The molecule has 0 N–H and O–H groups in total. The molecule has 0 radical (unpaired) electrons. The molecule has 0 saturated heterocycles. The highest BCUT2D eigenvalue weighted by Gasteiger charge is 2.20. The minimum atomic E-state index is 1.11. The molecule has 1 heterocycles. The molecule has 0 aliphatic carbocycles. The zero-order valence-corrected chi connectivity index (χ0v) is 30.4. The van der Waals surface area contributed by atoms with Crippen molar-refractivity contribution in [3.05, 3.63) is 212 Å². The van der Waals surface area contributed by atoms with Crippen LogP contribution in [-0.2, 0) is 0 Å². The van der Waals surface area contributed by atoms with Crippen LogP contribution in [0.4, 0.5) is 17.1 Å². The third kappa shape index (κ3) is 5.84. The number of hydrogen-bond acceptors (Lipinski definition) is 2. The molecule has 0 aliphatic rings. The Labute approximate surface area is 319 Å². The second kappa shape index (κ2) is 13.7.